The number of amides is 1. The summed E-state index contributed by atoms with van der Waals surface area (Å²) in [6, 6.07) is 0. The third kappa shape index (κ3) is 2.79. The van der Waals surface area contributed by atoms with Crippen LogP contribution in [0.15, 0.2) is 0 Å². The minimum Gasteiger partial charge on any atom is -0.387 e. The second-order valence-electron chi connectivity index (χ2n) is 3.53. The van der Waals surface area contributed by atoms with Gasteiger partial charge in [0, 0.05) is 19.3 Å². The number of aliphatic hydroxyl groups is 1. The molecule has 0 radical (unpaired) electrons. The summed E-state index contributed by atoms with van der Waals surface area (Å²) in [4.78, 5) is 10.8. The quantitative estimate of drug-likeness (QED) is 0.717. The van der Waals surface area contributed by atoms with Crippen molar-refractivity contribution < 1.29 is 9.90 Å². The number of aliphatic hydroxyl groups excluding tert-OH is 1. The smallest absolute Gasteiger partial charge is 0.245 e. The molecule has 5 nitrogen and oxygen atoms in total. The molecule has 0 aliphatic carbocycles. The molecule has 0 saturated heterocycles. The summed E-state index contributed by atoms with van der Waals surface area (Å²) in [7, 11) is 1.90. The van der Waals surface area contributed by atoms with Crippen LogP contribution < -0.4 is 5.32 Å². The summed E-state index contributed by atoms with van der Waals surface area (Å²) in [6.45, 7) is 4.04. The van der Waals surface area contributed by atoms with Crippen LogP contribution in [-0.2, 0) is 18.3 Å². The maximum absolute atomic E-state index is 10.8. The average Bonchev–Trinajstić information content (AvgIpc) is 2.44. The molecule has 1 heterocycles. The van der Waals surface area contributed by atoms with E-state index in [0.29, 0.717) is 6.54 Å². The van der Waals surface area contributed by atoms with Gasteiger partial charge >= 0.3 is 0 Å². The van der Waals surface area contributed by atoms with E-state index in [-0.39, 0.29) is 5.91 Å². The predicted molar refractivity (Wildman–Crippen MR) is 56.5 cm³/mol. The lowest BCUT2D eigenvalue weighted by Crippen LogP contribution is -2.28. The van der Waals surface area contributed by atoms with E-state index in [9.17, 15) is 4.79 Å². The molecular weight excluding hydrogens is 194 g/mol. The maximum atomic E-state index is 10.8. The van der Waals surface area contributed by atoms with E-state index in [2.05, 4.69) is 10.4 Å². The molecule has 0 unspecified atom stereocenters. The number of aromatic nitrogens is 2. The van der Waals surface area contributed by atoms with Gasteiger partial charge in [0.2, 0.25) is 5.91 Å². The lowest BCUT2D eigenvalue weighted by Gasteiger charge is -2.03. The summed E-state index contributed by atoms with van der Waals surface area (Å²) in [5.74, 6) is -0.339. The Labute approximate surface area is 89.1 Å². The number of hydrogen-bond donors (Lipinski definition) is 2. The van der Waals surface area contributed by atoms with Gasteiger partial charge in [0.25, 0.3) is 0 Å². The third-order valence-corrected chi connectivity index (χ3v) is 2.50. The zero-order chi connectivity index (χ0) is 11.4. The third-order valence-electron chi connectivity index (χ3n) is 2.50. The second kappa shape index (κ2) is 4.93. The van der Waals surface area contributed by atoms with E-state index < -0.39 is 6.61 Å². The predicted octanol–water partition coefficient (Wildman–Crippen LogP) is -0.312. The van der Waals surface area contributed by atoms with Crippen molar-refractivity contribution in [3.05, 3.63) is 17.0 Å². The van der Waals surface area contributed by atoms with Gasteiger partial charge in [0.05, 0.1) is 5.69 Å². The summed E-state index contributed by atoms with van der Waals surface area (Å²) < 4.78 is 1.83. The van der Waals surface area contributed by atoms with Crippen molar-refractivity contribution in [2.75, 3.05) is 13.2 Å². The SMILES string of the molecule is Cc1nn(C)c(C)c1CCNC(=O)CO. The highest BCUT2D eigenvalue weighted by Gasteiger charge is 2.08. The molecule has 1 aromatic rings. The lowest BCUT2D eigenvalue weighted by molar-refractivity contribution is -0.123. The number of aryl methyl sites for hydroxylation is 2. The highest BCUT2D eigenvalue weighted by Crippen LogP contribution is 2.11. The van der Waals surface area contributed by atoms with Gasteiger partial charge in [0.15, 0.2) is 0 Å². The fourth-order valence-corrected chi connectivity index (χ4v) is 1.56. The van der Waals surface area contributed by atoms with Crippen LogP contribution in [0.5, 0.6) is 0 Å². The fraction of sp³-hybridized carbons (Fsp3) is 0.600. The zero-order valence-corrected chi connectivity index (χ0v) is 9.37. The first kappa shape index (κ1) is 11.7. The fourth-order valence-electron chi connectivity index (χ4n) is 1.56. The topological polar surface area (TPSA) is 67.2 Å². The number of carbonyl (C=O) groups is 1. The number of nitrogens with one attached hydrogen (secondary N) is 1. The molecule has 5 heteroatoms. The van der Waals surface area contributed by atoms with Gasteiger partial charge in [-0.3, -0.25) is 9.48 Å². The van der Waals surface area contributed by atoms with Gasteiger partial charge in [0.1, 0.15) is 6.61 Å². The largest absolute Gasteiger partial charge is 0.387 e. The van der Waals surface area contributed by atoms with Crippen LogP contribution in [0.4, 0.5) is 0 Å². The standard InChI is InChI=1S/C10H17N3O2/c1-7-9(8(2)13(3)12-7)4-5-11-10(15)6-14/h14H,4-6H2,1-3H3,(H,11,15). The van der Waals surface area contributed by atoms with Crippen molar-refractivity contribution in [3.63, 3.8) is 0 Å². The Hall–Kier alpha value is -1.36. The summed E-state index contributed by atoms with van der Waals surface area (Å²) in [5.41, 5.74) is 3.27. The van der Waals surface area contributed by atoms with Crippen LogP contribution in [0.2, 0.25) is 0 Å². The van der Waals surface area contributed by atoms with Crippen LogP contribution >= 0.6 is 0 Å². The molecule has 1 rings (SSSR count). The van der Waals surface area contributed by atoms with Crippen LogP contribution in [0.3, 0.4) is 0 Å². The Morgan fingerprint density at radius 2 is 2.20 bits per heavy atom. The van der Waals surface area contributed by atoms with Crippen LogP contribution in [0.25, 0.3) is 0 Å². The first-order chi connectivity index (χ1) is 7.06. The van der Waals surface area contributed by atoms with Crippen molar-refractivity contribution in [3.8, 4) is 0 Å². The van der Waals surface area contributed by atoms with E-state index in [4.69, 9.17) is 5.11 Å². The summed E-state index contributed by atoms with van der Waals surface area (Å²) in [6.07, 6.45) is 0.747. The van der Waals surface area contributed by atoms with Gasteiger partial charge in [-0.15, -0.1) is 0 Å². The Balaban J connectivity index is 2.54. The zero-order valence-electron chi connectivity index (χ0n) is 9.37. The molecule has 0 aliphatic heterocycles. The lowest BCUT2D eigenvalue weighted by atomic mass is 10.1. The number of hydrogen-bond acceptors (Lipinski definition) is 3. The molecule has 0 bridgehead atoms. The normalized spacial score (nSPS) is 10.4. The van der Waals surface area contributed by atoms with Gasteiger partial charge in [-0.2, -0.15) is 5.10 Å². The minimum absolute atomic E-state index is 0.339. The minimum atomic E-state index is -0.453. The van der Waals surface area contributed by atoms with Crippen LogP contribution in [0.1, 0.15) is 17.0 Å². The summed E-state index contributed by atoms with van der Waals surface area (Å²) in [5, 5.41) is 15.4. The Morgan fingerprint density at radius 3 is 2.67 bits per heavy atom. The number of nitrogens with zero attached hydrogens (tertiary/aromatic N) is 2. The molecule has 1 aromatic heterocycles. The van der Waals surface area contributed by atoms with Gasteiger partial charge < -0.3 is 10.4 Å². The molecular formula is C10H17N3O2. The number of carbonyl (C=O) groups excluding carboxylic acids is 1. The number of rotatable bonds is 4. The molecule has 0 fully saturated rings. The molecule has 0 atom stereocenters. The van der Waals surface area contributed by atoms with Crippen LogP contribution in [-0.4, -0.2) is 33.9 Å². The van der Waals surface area contributed by atoms with E-state index in [1.807, 2.05) is 25.6 Å². The molecule has 0 aromatic carbocycles. The van der Waals surface area contributed by atoms with E-state index in [1.165, 1.54) is 0 Å². The van der Waals surface area contributed by atoms with Crippen molar-refractivity contribution >= 4 is 5.91 Å². The first-order valence-corrected chi connectivity index (χ1v) is 4.93. The first-order valence-electron chi connectivity index (χ1n) is 4.93. The summed E-state index contributed by atoms with van der Waals surface area (Å²) >= 11 is 0. The highest BCUT2D eigenvalue weighted by atomic mass is 16.3. The molecule has 15 heavy (non-hydrogen) atoms. The Bertz CT molecular complexity index is 358. The van der Waals surface area contributed by atoms with Crippen molar-refractivity contribution in [1.29, 1.82) is 0 Å². The average molecular weight is 211 g/mol. The molecule has 0 aliphatic rings. The molecule has 0 saturated carbocycles. The molecule has 84 valence electrons. The van der Waals surface area contributed by atoms with Gasteiger partial charge in [-0.25, -0.2) is 0 Å². The van der Waals surface area contributed by atoms with E-state index in [0.717, 1.165) is 23.4 Å². The molecule has 2 N–H and O–H groups in total. The van der Waals surface area contributed by atoms with E-state index in [1.54, 1.807) is 0 Å². The van der Waals surface area contributed by atoms with Crippen molar-refractivity contribution in [2.45, 2.75) is 20.3 Å². The maximum Gasteiger partial charge on any atom is 0.245 e. The van der Waals surface area contributed by atoms with Crippen LogP contribution in [0, 0.1) is 13.8 Å². The highest BCUT2D eigenvalue weighted by molar-refractivity contribution is 5.76. The monoisotopic (exact) mass is 211 g/mol. The molecule has 1 amide bonds. The second-order valence-corrected chi connectivity index (χ2v) is 3.53. The van der Waals surface area contributed by atoms with E-state index >= 15 is 0 Å². The Morgan fingerprint density at radius 1 is 1.53 bits per heavy atom. The van der Waals surface area contributed by atoms with Crippen molar-refractivity contribution in [1.82, 2.24) is 15.1 Å². The van der Waals surface area contributed by atoms with Gasteiger partial charge in [-0.05, 0) is 25.8 Å². The van der Waals surface area contributed by atoms with Crippen molar-refractivity contribution in [2.24, 2.45) is 7.05 Å². The van der Waals surface area contributed by atoms with Gasteiger partial charge in [-0.1, -0.05) is 0 Å². The molecule has 0 spiro atoms. The Kier molecular flexibility index (Phi) is 3.85.